The first-order valence-electron chi connectivity index (χ1n) is 6.74. The summed E-state index contributed by atoms with van der Waals surface area (Å²) in [5, 5.41) is 3.29. The van der Waals surface area contributed by atoms with Crippen molar-refractivity contribution in [3.8, 4) is 0 Å². The van der Waals surface area contributed by atoms with Gasteiger partial charge in [0.25, 0.3) is 0 Å². The summed E-state index contributed by atoms with van der Waals surface area (Å²) in [6.45, 7) is 12.1. The Balaban J connectivity index is 2.89. The lowest BCUT2D eigenvalue weighted by Gasteiger charge is -2.28. The Hall–Kier alpha value is -1.36. The Morgan fingerprint density at radius 3 is 2.53 bits per heavy atom. The summed E-state index contributed by atoms with van der Waals surface area (Å²) in [7, 11) is 2.06. The Kier molecular flexibility index (Phi) is 5.11. The average Bonchev–Trinajstić information content (AvgIpc) is 2.25. The van der Waals surface area contributed by atoms with E-state index < -0.39 is 0 Å². The fourth-order valence-corrected chi connectivity index (χ4v) is 1.93. The van der Waals surface area contributed by atoms with Crippen LogP contribution in [0.5, 0.6) is 0 Å². The lowest BCUT2D eigenvalue weighted by molar-refractivity contribution is 0.417. The van der Waals surface area contributed by atoms with Crippen LogP contribution in [-0.4, -0.2) is 36.1 Å². The molecule has 1 unspecified atom stereocenters. The van der Waals surface area contributed by atoms with E-state index in [1.54, 1.807) is 0 Å². The van der Waals surface area contributed by atoms with E-state index in [0.717, 1.165) is 24.0 Å². The number of hydrogen-bond donors (Lipinski definition) is 2. The fraction of sp³-hybridized carbons (Fsp3) is 0.714. The van der Waals surface area contributed by atoms with E-state index in [0.29, 0.717) is 6.54 Å². The maximum Gasteiger partial charge on any atom is 0.134 e. The molecule has 1 aromatic rings. The van der Waals surface area contributed by atoms with Crippen LogP contribution in [0.3, 0.4) is 0 Å². The van der Waals surface area contributed by atoms with Crippen LogP contribution >= 0.6 is 0 Å². The van der Waals surface area contributed by atoms with Crippen LogP contribution in [0.25, 0.3) is 0 Å². The van der Waals surface area contributed by atoms with E-state index in [1.807, 2.05) is 19.9 Å². The van der Waals surface area contributed by atoms with Gasteiger partial charge in [-0.05, 0) is 19.3 Å². The number of nitrogens with zero attached hydrogens (tertiary/aromatic N) is 3. The fourth-order valence-electron chi connectivity index (χ4n) is 1.93. The number of aryl methyl sites for hydroxylation is 1. The second kappa shape index (κ2) is 6.19. The zero-order chi connectivity index (χ0) is 14.6. The molecule has 0 amide bonds. The van der Waals surface area contributed by atoms with Crippen molar-refractivity contribution in [3.63, 3.8) is 0 Å². The lowest BCUT2D eigenvalue weighted by atomic mass is 9.96. The highest BCUT2D eigenvalue weighted by Crippen LogP contribution is 2.20. The number of aromatic nitrogens is 2. The third-order valence-corrected chi connectivity index (χ3v) is 2.67. The summed E-state index contributed by atoms with van der Waals surface area (Å²) < 4.78 is 0. The van der Waals surface area contributed by atoms with Gasteiger partial charge < -0.3 is 16.0 Å². The minimum absolute atomic E-state index is 0.204. The molecule has 0 saturated heterocycles. The van der Waals surface area contributed by atoms with E-state index >= 15 is 0 Å². The SMILES string of the molecule is Cc1nc(NC(C)CN)cc(N(C)CC(C)(C)C)n1. The standard InChI is InChI=1S/C14H27N5/c1-10(8-15)16-12-7-13(18-11(2)17-12)19(6)9-14(3,4)5/h7,10H,8-9,15H2,1-6H3,(H,16,17,18). The molecule has 108 valence electrons. The third kappa shape index (κ3) is 5.42. The summed E-state index contributed by atoms with van der Waals surface area (Å²) >= 11 is 0. The van der Waals surface area contributed by atoms with Crippen molar-refractivity contribution in [2.24, 2.45) is 11.1 Å². The molecule has 5 nitrogen and oxygen atoms in total. The second-order valence-electron chi connectivity index (χ2n) is 6.36. The monoisotopic (exact) mass is 265 g/mol. The van der Waals surface area contributed by atoms with Gasteiger partial charge in [-0.15, -0.1) is 0 Å². The Morgan fingerprint density at radius 1 is 1.37 bits per heavy atom. The van der Waals surface area contributed by atoms with E-state index in [9.17, 15) is 0 Å². The topological polar surface area (TPSA) is 67.1 Å². The van der Waals surface area contributed by atoms with Gasteiger partial charge in [-0.1, -0.05) is 20.8 Å². The molecular formula is C14H27N5. The van der Waals surface area contributed by atoms with E-state index in [4.69, 9.17) is 5.73 Å². The van der Waals surface area contributed by atoms with Gasteiger partial charge >= 0.3 is 0 Å². The van der Waals surface area contributed by atoms with Crippen molar-refractivity contribution in [1.29, 1.82) is 0 Å². The van der Waals surface area contributed by atoms with Gasteiger partial charge in [0.15, 0.2) is 0 Å². The smallest absolute Gasteiger partial charge is 0.134 e. The van der Waals surface area contributed by atoms with Crippen LogP contribution in [-0.2, 0) is 0 Å². The molecule has 1 atom stereocenters. The van der Waals surface area contributed by atoms with Crippen LogP contribution < -0.4 is 16.0 Å². The first-order valence-corrected chi connectivity index (χ1v) is 6.74. The molecule has 5 heteroatoms. The molecule has 0 spiro atoms. The molecule has 0 radical (unpaired) electrons. The minimum atomic E-state index is 0.204. The van der Waals surface area contributed by atoms with Crippen LogP contribution in [0.1, 0.15) is 33.5 Å². The number of nitrogens with two attached hydrogens (primary N) is 1. The molecule has 19 heavy (non-hydrogen) atoms. The van der Waals surface area contributed by atoms with Gasteiger partial charge in [-0.3, -0.25) is 0 Å². The Morgan fingerprint density at radius 2 is 2.00 bits per heavy atom. The number of anilines is 2. The van der Waals surface area contributed by atoms with Gasteiger partial charge in [0, 0.05) is 32.2 Å². The molecule has 0 aliphatic carbocycles. The quantitative estimate of drug-likeness (QED) is 0.852. The van der Waals surface area contributed by atoms with Crippen LogP contribution in [0.4, 0.5) is 11.6 Å². The first-order chi connectivity index (χ1) is 8.71. The summed E-state index contributed by atoms with van der Waals surface area (Å²) in [5.41, 5.74) is 5.85. The molecule has 0 aromatic carbocycles. The average molecular weight is 265 g/mol. The highest BCUT2D eigenvalue weighted by atomic mass is 15.2. The molecule has 0 fully saturated rings. The van der Waals surface area contributed by atoms with E-state index in [-0.39, 0.29) is 11.5 Å². The van der Waals surface area contributed by atoms with Crippen molar-refractivity contribution in [3.05, 3.63) is 11.9 Å². The predicted octanol–water partition coefficient (Wildman–Crippen LogP) is 2.03. The predicted molar refractivity (Wildman–Crippen MR) is 81.6 cm³/mol. The van der Waals surface area contributed by atoms with Crippen molar-refractivity contribution >= 4 is 11.6 Å². The zero-order valence-electron chi connectivity index (χ0n) is 13.0. The van der Waals surface area contributed by atoms with Crippen molar-refractivity contribution < 1.29 is 0 Å². The van der Waals surface area contributed by atoms with Gasteiger partial charge in [-0.2, -0.15) is 0 Å². The maximum absolute atomic E-state index is 5.62. The molecule has 3 N–H and O–H groups in total. The first kappa shape index (κ1) is 15.7. The van der Waals surface area contributed by atoms with Gasteiger partial charge in [-0.25, -0.2) is 9.97 Å². The van der Waals surface area contributed by atoms with Crippen LogP contribution in [0, 0.1) is 12.3 Å². The number of hydrogen-bond acceptors (Lipinski definition) is 5. The summed E-state index contributed by atoms with van der Waals surface area (Å²) in [6.07, 6.45) is 0. The number of rotatable bonds is 5. The van der Waals surface area contributed by atoms with Crippen LogP contribution in [0.15, 0.2) is 6.07 Å². The lowest BCUT2D eigenvalue weighted by Crippen LogP contribution is -2.30. The Labute approximate surface area is 116 Å². The molecule has 0 bridgehead atoms. The van der Waals surface area contributed by atoms with Crippen molar-refractivity contribution in [2.75, 3.05) is 30.4 Å². The summed E-state index contributed by atoms with van der Waals surface area (Å²) in [5.74, 6) is 2.54. The largest absolute Gasteiger partial charge is 0.366 e. The Bertz CT molecular complexity index is 411. The second-order valence-corrected chi connectivity index (χ2v) is 6.36. The van der Waals surface area contributed by atoms with Crippen molar-refractivity contribution in [1.82, 2.24) is 9.97 Å². The molecule has 0 aliphatic rings. The van der Waals surface area contributed by atoms with Crippen molar-refractivity contribution in [2.45, 2.75) is 40.7 Å². The summed E-state index contributed by atoms with van der Waals surface area (Å²) in [6, 6.07) is 2.18. The zero-order valence-corrected chi connectivity index (χ0v) is 13.0. The normalized spacial score (nSPS) is 13.2. The minimum Gasteiger partial charge on any atom is -0.366 e. The number of nitrogens with one attached hydrogen (secondary N) is 1. The maximum atomic E-state index is 5.62. The molecule has 1 rings (SSSR count). The molecule has 1 heterocycles. The molecule has 1 aromatic heterocycles. The van der Waals surface area contributed by atoms with Gasteiger partial charge in [0.05, 0.1) is 0 Å². The highest BCUT2D eigenvalue weighted by molar-refractivity contribution is 5.49. The molecule has 0 aliphatic heterocycles. The van der Waals surface area contributed by atoms with Gasteiger partial charge in [0.1, 0.15) is 17.5 Å². The third-order valence-electron chi connectivity index (χ3n) is 2.67. The summed E-state index contributed by atoms with van der Waals surface area (Å²) in [4.78, 5) is 11.1. The van der Waals surface area contributed by atoms with E-state index in [1.165, 1.54) is 0 Å². The highest BCUT2D eigenvalue weighted by Gasteiger charge is 2.16. The molecular weight excluding hydrogens is 238 g/mol. The van der Waals surface area contributed by atoms with Crippen LogP contribution in [0.2, 0.25) is 0 Å². The van der Waals surface area contributed by atoms with E-state index in [2.05, 4.69) is 48.0 Å². The molecule has 0 saturated carbocycles. The van der Waals surface area contributed by atoms with Gasteiger partial charge in [0.2, 0.25) is 0 Å².